The molecule has 1 heterocycles. The second kappa shape index (κ2) is 3.75. The summed E-state index contributed by atoms with van der Waals surface area (Å²) < 4.78 is 2.13. The molecule has 0 N–H and O–H groups in total. The van der Waals surface area contributed by atoms with Crippen LogP contribution in [0.15, 0.2) is 24.3 Å². The molecular formula is C18H21NO. The van der Waals surface area contributed by atoms with Crippen LogP contribution in [0.2, 0.25) is 0 Å². The average Bonchev–Trinajstić information content (AvgIpc) is 3.02. The lowest BCUT2D eigenvalue weighted by molar-refractivity contribution is 0.0809. The second-order valence-electron chi connectivity index (χ2n) is 7.03. The van der Waals surface area contributed by atoms with Gasteiger partial charge < -0.3 is 4.57 Å². The van der Waals surface area contributed by atoms with E-state index in [9.17, 15) is 4.79 Å². The summed E-state index contributed by atoms with van der Waals surface area (Å²) >= 11 is 0. The molecule has 0 amide bonds. The highest BCUT2D eigenvalue weighted by Crippen LogP contribution is 2.53. The lowest BCUT2D eigenvalue weighted by Gasteiger charge is -2.40. The molecule has 0 spiro atoms. The smallest absolute Gasteiger partial charge is 0.182 e. The summed E-state index contributed by atoms with van der Waals surface area (Å²) in [4.78, 5) is 13.0. The van der Waals surface area contributed by atoms with E-state index in [0.717, 1.165) is 12.1 Å². The number of Topliss-reactive ketones (excluding diaryl/α,β-unsaturated/α-hetero) is 1. The molecule has 1 aromatic carbocycles. The van der Waals surface area contributed by atoms with Gasteiger partial charge in [0, 0.05) is 23.9 Å². The summed E-state index contributed by atoms with van der Waals surface area (Å²) in [7, 11) is 2.05. The molecule has 2 heteroatoms. The molecule has 2 atom stereocenters. The van der Waals surface area contributed by atoms with Gasteiger partial charge in [-0.05, 0) is 35.8 Å². The van der Waals surface area contributed by atoms with E-state index >= 15 is 0 Å². The number of ketones is 1. The van der Waals surface area contributed by atoms with Gasteiger partial charge in [-0.3, -0.25) is 4.79 Å². The Morgan fingerprint density at radius 2 is 1.95 bits per heavy atom. The Labute approximate surface area is 119 Å². The first kappa shape index (κ1) is 12.2. The van der Waals surface area contributed by atoms with Crippen molar-refractivity contribution in [2.75, 3.05) is 0 Å². The molecule has 0 aliphatic heterocycles. The lowest BCUT2D eigenvalue weighted by Crippen LogP contribution is -2.41. The average molecular weight is 267 g/mol. The van der Waals surface area contributed by atoms with Gasteiger partial charge in [0.05, 0.1) is 5.69 Å². The van der Waals surface area contributed by atoms with Gasteiger partial charge in [-0.2, -0.15) is 0 Å². The van der Waals surface area contributed by atoms with Crippen LogP contribution in [0, 0.1) is 11.8 Å². The molecule has 20 heavy (non-hydrogen) atoms. The Kier molecular flexibility index (Phi) is 2.28. The molecule has 2 aromatic rings. The summed E-state index contributed by atoms with van der Waals surface area (Å²) in [6.07, 6.45) is 3.48. The zero-order chi connectivity index (χ0) is 14.1. The van der Waals surface area contributed by atoms with Gasteiger partial charge in [0.2, 0.25) is 0 Å². The van der Waals surface area contributed by atoms with Crippen LogP contribution in [0.1, 0.15) is 49.2 Å². The number of nitrogens with zero attached hydrogens (tertiary/aromatic N) is 1. The number of aromatic nitrogens is 1. The standard InChI is InChI=1S/C18H21NO/c1-18(2)13-9-6-8-11(13)17(20)16-15(18)12-7-4-5-10-14(12)19(16)3/h4-5,7,10-11,13H,6,8-9H2,1-3H3/t11-,13-/m1/s1. The minimum Gasteiger partial charge on any atom is -0.341 e. The Morgan fingerprint density at radius 3 is 2.75 bits per heavy atom. The predicted octanol–water partition coefficient (Wildman–Crippen LogP) is 4.07. The number of rotatable bonds is 0. The zero-order valence-electron chi connectivity index (χ0n) is 12.4. The van der Waals surface area contributed by atoms with Gasteiger partial charge in [-0.15, -0.1) is 0 Å². The van der Waals surface area contributed by atoms with Crippen molar-refractivity contribution < 1.29 is 4.79 Å². The molecule has 4 rings (SSSR count). The van der Waals surface area contributed by atoms with Crippen LogP contribution >= 0.6 is 0 Å². The minimum absolute atomic E-state index is 0.102. The van der Waals surface area contributed by atoms with Gasteiger partial charge in [0.15, 0.2) is 5.78 Å². The highest BCUT2D eigenvalue weighted by molar-refractivity contribution is 6.06. The normalized spacial score (nSPS) is 27.6. The van der Waals surface area contributed by atoms with Crippen molar-refractivity contribution in [2.45, 2.75) is 38.5 Å². The van der Waals surface area contributed by atoms with Crippen molar-refractivity contribution in [3.63, 3.8) is 0 Å². The van der Waals surface area contributed by atoms with Gasteiger partial charge in [-0.25, -0.2) is 0 Å². The van der Waals surface area contributed by atoms with E-state index in [1.165, 1.54) is 29.3 Å². The van der Waals surface area contributed by atoms with E-state index in [2.05, 4.69) is 42.7 Å². The molecule has 0 bridgehead atoms. The molecule has 1 saturated carbocycles. The van der Waals surface area contributed by atoms with Crippen molar-refractivity contribution in [3.05, 3.63) is 35.5 Å². The third-order valence-electron chi connectivity index (χ3n) is 5.76. The zero-order valence-corrected chi connectivity index (χ0v) is 12.4. The first-order valence-corrected chi connectivity index (χ1v) is 7.65. The highest BCUT2D eigenvalue weighted by Gasteiger charge is 2.50. The quantitative estimate of drug-likeness (QED) is 0.705. The van der Waals surface area contributed by atoms with Crippen LogP contribution in [0.25, 0.3) is 10.9 Å². The Morgan fingerprint density at radius 1 is 1.20 bits per heavy atom. The van der Waals surface area contributed by atoms with Crippen LogP contribution in [0.4, 0.5) is 0 Å². The number of aryl methyl sites for hydroxylation is 1. The van der Waals surface area contributed by atoms with Gasteiger partial charge in [-0.1, -0.05) is 38.5 Å². The fourth-order valence-corrected chi connectivity index (χ4v) is 4.83. The van der Waals surface area contributed by atoms with Crippen LogP contribution in [0.5, 0.6) is 0 Å². The molecule has 1 aromatic heterocycles. The van der Waals surface area contributed by atoms with Crippen molar-refractivity contribution in [1.82, 2.24) is 4.57 Å². The lowest BCUT2D eigenvalue weighted by atomic mass is 9.62. The molecule has 0 saturated heterocycles. The van der Waals surface area contributed by atoms with Gasteiger partial charge in [0.25, 0.3) is 0 Å². The van der Waals surface area contributed by atoms with Gasteiger partial charge in [0.1, 0.15) is 0 Å². The van der Waals surface area contributed by atoms with Crippen LogP contribution < -0.4 is 0 Å². The molecule has 1 fully saturated rings. The maximum Gasteiger partial charge on any atom is 0.182 e. The third-order valence-corrected chi connectivity index (χ3v) is 5.76. The minimum atomic E-state index is 0.102. The molecule has 104 valence electrons. The summed E-state index contributed by atoms with van der Waals surface area (Å²) in [6, 6.07) is 8.46. The molecule has 0 unspecified atom stereocenters. The number of benzene rings is 1. The maximum absolute atomic E-state index is 13.0. The van der Waals surface area contributed by atoms with E-state index in [0.29, 0.717) is 11.7 Å². The van der Waals surface area contributed by atoms with E-state index in [4.69, 9.17) is 0 Å². The SMILES string of the molecule is Cn1c2c(c3ccccc31)C(C)(C)[C@@H]1CCC[C@H]1C2=O. The predicted molar refractivity (Wildman–Crippen MR) is 81.1 cm³/mol. The van der Waals surface area contributed by atoms with Gasteiger partial charge >= 0.3 is 0 Å². The highest BCUT2D eigenvalue weighted by atomic mass is 16.1. The van der Waals surface area contributed by atoms with Crippen LogP contribution in [0.3, 0.4) is 0 Å². The molecule has 0 radical (unpaired) electrons. The number of hydrogen-bond acceptors (Lipinski definition) is 1. The van der Waals surface area contributed by atoms with E-state index in [1.807, 2.05) is 7.05 Å². The number of fused-ring (bicyclic) bond motifs is 4. The second-order valence-corrected chi connectivity index (χ2v) is 7.03. The Hall–Kier alpha value is -1.57. The Balaban J connectivity index is 2.12. The molecule has 2 aliphatic rings. The Bertz CT molecular complexity index is 722. The topological polar surface area (TPSA) is 22.0 Å². The number of carbonyl (C=O) groups excluding carboxylic acids is 1. The summed E-state index contributed by atoms with van der Waals surface area (Å²) in [5.41, 5.74) is 3.56. The fourth-order valence-electron chi connectivity index (χ4n) is 4.83. The maximum atomic E-state index is 13.0. The molecule has 2 aliphatic carbocycles. The number of carbonyl (C=O) groups is 1. The summed E-state index contributed by atoms with van der Waals surface area (Å²) in [5.74, 6) is 1.16. The summed E-state index contributed by atoms with van der Waals surface area (Å²) in [5, 5.41) is 1.27. The number of para-hydroxylation sites is 1. The van der Waals surface area contributed by atoms with E-state index in [-0.39, 0.29) is 11.3 Å². The molecular weight excluding hydrogens is 246 g/mol. The van der Waals surface area contributed by atoms with Crippen LogP contribution in [-0.2, 0) is 12.5 Å². The monoisotopic (exact) mass is 267 g/mol. The van der Waals surface area contributed by atoms with E-state index < -0.39 is 0 Å². The van der Waals surface area contributed by atoms with Crippen molar-refractivity contribution >= 4 is 16.7 Å². The van der Waals surface area contributed by atoms with Crippen molar-refractivity contribution in [1.29, 1.82) is 0 Å². The summed E-state index contributed by atoms with van der Waals surface area (Å²) in [6.45, 7) is 4.68. The fraction of sp³-hybridized carbons (Fsp3) is 0.500. The van der Waals surface area contributed by atoms with Crippen molar-refractivity contribution in [2.24, 2.45) is 18.9 Å². The van der Waals surface area contributed by atoms with Crippen molar-refractivity contribution in [3.8, 4) is 0 Å². The van der Waals surface area contributed by atoms with E-state index in [1.54, 1.807) is 0 Å². The van der Waals surface area contributed by atoms with Crippen LogP contribution in [-0.4, -0.2) is 10.4 Å². The first-order chi connectivity index (χ1) is 9.53. The first-order valence-electron chi connectivity index (χ1n) is 7.65. The molecule has 2 nitrogen and oxygen atoms in total. The largest absolute Gasteiger partial charge is 0.341 e. The third kappa shape index (κ3) is 1.27. The number of hydrogen-bond donors (Lipinski definition) is 0.